The first-order chi connectivity index (χ1) is 13.2. The Morgan fingerprint density at radius 2 is 1.93 bits per heavy atom. The summed E-state index contributed by atoms with van der Waals surface area (Å²) < 4.78 is 25.9. The quantitative estimate of drug-likeness (QED) is 0.729. The number of nitrogens with zero attached hydrogens (tertiary/aromatic N) is 2. The molecule has 0 aliphatic carbocycles. The van der Waals surface area contributed by atoms with Crippen molar-refractivity contribution >= 4 is 33.2 Å². The maximum absolute atomic E-state index is 12.7. The van der Waals surface area contributed by atoms with Gasteiger partial charge in [-0.05, 0) is 54.7 Å². The third-order valence-electron chi connectivity index (χ3n) is 4.97. The van der Waals surface area contributed by atoms with Gasteiger partial charge in [0.1, 0.15) is 0 Å². The number of likely N-dealkylation sites (tertiary alicyclic amines) is 1. The fourth-order valence-electron chi connectivity index (χ4n) is 3.51. The Hall–Kier alpha value is -2.05. The average molecular weight is 421 g/mol. The van der Waals surface area contributed by atoms with Crippen molar-refractivity contribution in [3.8, 4) is 0 Å². The average Bonchev–Trinajstić information content (AvgIpc) is 2.65. The summed E-state index contributed by atoms with van der Waals surface area (Å²) in [5.74, 6) is 0.561. The van der Waals surface area contributed by atoms with E-state index in [1.54, 1.807) is 36.4 Å². The van der Waals surface area contributed by atoms with Crippen LogP contribution in [0.2, 0.25) is 5.02 Å². The number of hydrogen-bond donors (Lipinski definition) is 0. The van der Waals surface area contributed by atoms with Gasteiger partial charge >= 0.3 is 0 Å². The van der Waals surface area contributed by atoms with Crippen LogP contribution >= 0.6 is 11.6 Å². The number of sulfonamides is 1. The molecule has 0 spiro atoms. The van der Waals surface area contributed by atoms with Crippen LogP contribution in [-0.2, 0) is 16.6 Å². The van der Waals surface area contributed by atoms with Gasteiger partial charge < -0.3 is 4.90 Å². The van der Waals surface area contributed by atoms with Crippen molar-refractivity contribution in [3.63, 3.8) is 0 Å². The van der Waals surface area contributed by atoms with E-state index >= 15 is 0 Å². The highest BCUT2D eigenvalue weighted by Crippen LogP contribution is 2.24. The summed E-state index contributed by atoms with van der Waals surface area (Å²) in [6.45, 7) is 3.92. The second-order valence-electron chi connectivity index (χ2n) is 7.44. The van der Waals surface area contributed by atoms with Crippen LogP contribution in [0.3, 0.4) is 0 Å². The lowest BCUT2D eigenvalue weighted by Crippen LogP contribution is -2.39. The molecule has 28 heavy (non-hydrogen) atoms. The molecule has 0 N–H and O–H groups in total. The van der Waals surface area contributed by atoms with Crippen molar-refractivity contribution in [1.29, 1.82) is 0 Å². The molecular weight excluding hydrogens is 396 g/mol. The summed E-state index contributed by atoms with van der Waals surface area (Å²) in [6, 6.07) is 13.9. The molecule has 1 saturated heterocycles. The van der Waals surface area contributed by atoms with Crippen LogP contribution in [0.25, 0.3) is 0 Å². The number of rotatable bonds is 5. The number of anilines is 1. The number of carbonyl (C=O) groups is 1. The molecule has 7 heteroatoms. The summed E-state index contributed by atoms with van der Waals surface area (Å²) in [7, 11) is -3.48. The molecular formula is C21H25ClN2O3S. The zero-order valence-corrected chi connectivity index (χ0v) is 17.7. The summed E-state index contributed by atoms with van der Waals surface area (Å²) in [5.41, 5.74) is 1.94. The van der Waals surface area contributed by atoms with Crippen LogP contribution in [0.4, 0.5) is 5.69 Å². The number of hydrogen-bond acceptors (Lipinski definition) is 3. The number of amides is 1. The molecule has 1 atom stereocenters. The van der Waals surface area contributed by atoms with Crippen molar-refractivity contribution in [3.05, 3.63) is 64.7 Å². The van der Waals surface area contributed by atoms with Gasteiger partial charge in [-0.2, -0.15) is 0 Å². The van der Waals surface area contributed by atoms with Crippen LogP contribution in [0.1, 0.15) is 35.7 Å². The van der Waals surface area contributed by atoms with Crippen molar-refractivity contribution in [2.45, 2.75) is 26.3 Å². The molecule has 0 radical (unpaired) electrons. The molecule has 1 fully saturated rings. The summed E-state index contributed by atoms with van der Waals surface area (Å²) in [5, 5.41) is 0.475. The van der Waals surface area contributed by atoms with Crippen molar-refractivity contribution in [1.82, 2.24) is 4.90 Å². The van der Waals surface area contributed by atoms with Gasteiger partial charge in [-0.15, -0.1) is 0 Å². The molecule has 1 aliphatic rings. The van der Waals surface area contributed by atoms with Gasteiger partial charge in [0.05, 0.1) is 18.5 Å². The normalized spacial score (nSPS) is 17.4. The Labute approximate surface area is 172 Å². The van der Waals surface area contributed by atoms with E-state index in [9.17, 15) is 13.2 Å². The fourth-order valence-corrected chi connectivity index (χ4v) is 4.57. The predicted octanol–water partition coefficient (Wildman–Crippen LogP) is 4.18. The Bertz CT molecular complexity index is 944. The molecule has 3 rings (SSSR count). The van der Waals surface area contributed by atoms with E-state index in [-0.39, 0.29) is 12.5 Å². The minimum atomic E-state index is -3.48. The SMILES string of the molecule is CC1CCCN(C(=O)c2ccc(CN(c3cccc(Cl)c3)S(C)(=O)=O)cc2)C1. The monoisotopic (exact) mass is 420 g/mol. The lowest BCUT2D eigenvalue weighted by molar-refractivity contribution is 0.0683. The van der Waals surface area contributed by atoms with Crippen LogP contribution in [-0.4, -0.2) is 38.6 Å². The maximum Gasteiger partial charge on any atom is 0.253 e. The van der Waals surface area contributed by atoms with E-state index in [4.69, 9.17) is 11.6 Å². The third-order valence-corrected chi connectivity index (χ3v) is 6.34. The molecule has 0 saturated carbocycles. The van der Waals surface area contributed by atoms with Crippen LogP contribution in [0, 0.1) is 5.92 Å². The van der Waals surface area contributed by atoms with Gasteiger partial charge in [0.2, 0.25) is 10.0 Å². The van der Waals surface area contributed by atoms with Gasteiger partial charge in [-0.25, -0.2) is 8.42 Å². The van der Waals surface area contributed by atoms with Gasteiger partial charge in [-0.1, -0.05) is 36.7 Å². The van der Waals surface area contributed by atoms with Gasteiger partial charge in [0.25, 0.3) is 5.91 Å². The second kappa shape index (κ2) is 8.53. The fraction of sp³-hybridized carbons (Fsp3) is 0.381. The maximum atomic E-state index is 12.7. The van der Waals surface area contributed by atoms with Crippen molar-refractivity contribution in [2.75, 3.05) is 23.7 Å². The van der Waals surface area contributed by atoms with E-state index in [0.29, 0.717) is 22.2 Å². The zero-order chi connectivity index (χ0) is 20.3. The minimum absolute atomic E-state index is 0.0351. The highest BCUT2D eigenvalue weighted by atomic mass is 35.5. The van der Waals surface area contributed by atoms with Crippen molar-refractivity contribution in [2.24, 2.45) is 5.92 Å². The van der Waals surface area contributed by atoms with Gasteiger partial charge in [-0.3, -0.25) is 9.10 Å². The number of carbonyl (C=O) groups excluding carboxylic acids is 1. The van der Waals surface area contributed by atoms with E-state index in [1.807, 2.05) is 17.0 Å². The lowest BCUT2D eigenvalue weighted by atomic mass is 9.99. The minimum Gasteiger partial charge on any atom is -0.338 e. The molecule has 1 heterocycles. The highest BCUT2D eigenvalue weighted by molar-refractivity contribution is 7.92. The number of benzene rings is 2. The second-order valence-corrected chi connectivity index (χ2v) is 9.79. The third kappa shape index (κ3) is 5.06. The first-order valence-corrected chi connectivity index (χ1v) is 11.6. The molecule has 0 bridgehead atoms. The molecule has 1 aliphatic heterocycles. The van der Waals surface area contributed by atoms with Crippen LogP contribution < -0.4 is 4.31 Å². The Kier molecular flexibility index (Phi) is 6.30. The first kappa shape index (κ1) is 20.7. The Balaban J connectivity index is 1.77. The molecule has 150 valence electrons. The molecule has 1 unspecified atom stereocenters. The first-order valence-electron chi connectivity index (χ1n) is 9.35. The lowest BCUT2D eigenvalue weighted by Gasteiger charge is -2.31. The van der Waals surface area contributed by atoms with Crippen LogP contribution in [0.5, 0.6) is 0 Å². The van der Waals surface area contributed by atoms with E-state index in [0.717, 1.165) is 31.5 Å². The molecule has 2 aromatic rings. The van der Waals surface area contributed by atoms with Gasteiger partial charge in [0.15, 0.2) is 0 Å². The largest absolute Gasteiger partial charge is 0.338 e. The van der Waals surface area contributed by atoms with Gasteiger partial charge in [0, 0.05) is 23.7 Å². The molecule has 0 aromatic heterocycles. The molecule has 1 amide bonds. The standard InChI is InChI=1S/C21H25ClN2O3S/c1-16-5-4-12-23(14-16)21(25)18-10-8-17(9-11-18)15-24(28(2,26)27)20-7-3-6-19(22)13-20/h3,6-11,13,16H,4-5,12,14-15H2,1-2H3. The number of piperidine rings is 1. The summed E-state index contributed by atoms with van der Waals surface area (Å²) in [6.07, 6.45) is 3.37. The van der Waals surface area contributed by atoms with E-state index in [2.05, 4.69) is 6.92 Å². The molecule has 5 nitrogen and oxygen atoms in total. The Morgan fingerprint density at radius 1 is 1.21 bits per heavy atom. The van der Waals surface area contributed by atoms with Crippen molar-refractivity contribution < 1.29 is 13.2 Å². The zero-order valence-electron chi connectivity index (χ0n) is 16.1. The van der Waals surface area contributed by atoms with Crippen LogP contribution in [0.15, 0.2) is 48.5 Å². The van der Waals surface area contributed by atoms with E-state index < -0.39 is 10.0 Å². The van der Waals surface area contributed by atoms with E-state index in [1.165, 1.54) is 10.6 Å². The predicted molar refractivity (Wildman–Crippen MR) is 113 cm³/mol. The topological polar surface area (TPSA) is 57.7 Å². The Morgan fingerprint density at radius 3 is 2.54 bits per heavy atom. The number of halogens is 1. The highest BCUT2D eigenvalue weighted by Gasteiger charge is 2.22. The summed E-state index contributed by atoms with van der Waals surface area (Å²) in [4.78, 5) is 14.6. The summed E-state index contributed by atoms with van der Waals surface area (Å²) >= 11 is 6.02. The molecule has 2 aromatic carbocycles. The smallest absolute Gasteiger partial charge is 0.253 e.